The van der Waals surface area contributed by atoms with Gasteiger partial charge in [0.25, 0.3) is 0 Å². The minimum atomic E-state index is -4.88. The second-order valence-electron chi connectivity index (χ2n) is 6.76. The average molecular weight is 400 g/mol. The topological polar surface area (TPSA) is 26.3 Å². The zero-order valence-corrected chi connectivity index (χ0v) is 15.8. The molecule has 0 bridgehead atoms. The van der Waals surface area contributed by atoms with E-state index < -0.39 is 41.4 Å². The van der Waals surface area contributed by atoms with Crippen LogP contribution in [0.25, 0.3) is 11.1 Å². The minimum Gasteiger partial charge on any atom is -0.423 e. The van der Waals surface area contributed by atoms with Gasteiger partial charge in [-0.2, -0.15) is 17.6 Å². The molecule has 0 amide bonds. The molecule has 152 valence electrons. The van der Waals surface area contributed by atoms with Crippen LogP contribution in [0.4, 0.5) is 22.0 Å². The number of carbonyl (C=O) groups excluding carboxylic acids is 1. The van der Waals surface area contributed by atoms with Crippen molar-refractivity contribution < 1.29 is 31.5 Å². The Morgan fingerprint density at radius 3 is 2.07 bits per heavy atom. The van der Waals surface area contributed by atoms with Gasteiger partial charge >= 0.3 is 12.1 Å². The van der Waals surface area contributed by atoms with E-state index >= 15 is 0 Å². The van der Waals surface area contributed by atoms with Crippen LogP contribution in [0.5, 0.6) is 5.75 Å². The third-order valence-corrected chi connectivity index (χ3v) is 4.84. The Balaban J connectivity index is 2.32. The van der Waals surface area contributed by atoms with Crippen molar-refractivity contribution in [3.63, 3.8) is 0 Å². The second kappa shape index (κ2) is 8.29. The highest BCUT2D eigenvalue weighted by Crippen LogP contribution is 2.42. The number of hydrogen-bond acceptors (Lipinski definition) is 2. The summed E-state index contributed by atoms with van der Waals surface area (Å²) in [4.78, 5) is 12.0. The first-order valence-electron chi connectivity index (χ1n) is 8.91. The number of esters is 1. The molecule has 28 heavy (non-hydrogen) atoms. The molecular formula is C21H21F5O2. The van der Waals surface area contributed by atoms with E-state index in [9.17, 15) is 26.7 Å². The zero-order valence-electron chi connectivity index (χ0n) is 15.8. The summed E-state index contributed by atoms with van der Waals surface area (Å²) >= 11 is 0. The SMILES string of the molecule is CCCc1ccc(-c2ccc(OC(=O)C(C)(CC)C(F)(F)F)c(F)c2F)cc1. The molecule has 0 aliphatic heterocycles. The fourth-order valence-corrected chi connectivity index (χ4v) is 2.65. The molecule has 0 aliphatic carbocycles. The molecule has 0 aliphatic rings. The fourth-order valence-electron chi connectivity index (χ4n) is 2.65. The maximum atomic E-state index is 14.5. The normalized spacial score (nSPS) is 13.9. The van der Waals surface area contributed by atoms with E-state index in [1.165, 1.54) is 6.07 Å². The van der Waals surface area contributed by atoms with Crippen molar-refractivity contribution in [2.24, 2.45) is 5.41 Å². The highest BCUT2D eigenvalue weighted by Gasteiger charge is 2.56. The van der Waals surface area contributed by atoms with Crippen molar-refractivity contribution >= 4 is 5.97 Å². The van der Waals surface area contributed by atoms with Crippen molar-refractivity contribution in [3.8, 4) is 16.9 Å². The van der Waals surface area contributed by atoms with Gasteiger partial charge in [-0.1, -0.05) is 44.5 Å². The van der Waals surface area contributed by atoms with Gasteiger partial charge in [0.05, 0.1) is 0 Å². The summed E-state index contributed by atoms with van der Waals surface area (Å²) in [6.45, 7) is 3.85. The highest BCUT2D eigenvalue weighted by molar-refractivity contribution is 5.80. The third kappa shape index (κ3) is 4.18. The number of rotatable bonds is 6. The van der Waals surface area contributed by atoms with Gasteiger partial charge in [0, 0.05) is 5.56 Å². The van der Waals surface area contributed by atoms with Crippen molar-refractivity contribution in [3.05, 3.63) is 53.6 Å². The maximum absolute atomic E-state index is 14.5. The number of carbonyl (C=O) groups is 1. The summed E-state index contributed by atoms with van der Waals surface area (Å²) in [5.41, 5.74) is -1.44. The Kier molecular flexibility index (Phi) is 6.47. The molecule has 0 aromatic heterocycles. The zero-order chi connectivity index (χ0) is 21.1. The minimum absolute atomic E-state index is 0.0746. The molecule has 0 saturated heterocycles. The molecule has 2 aromatic carbocycles. The number of halogens is 5. The van der Waals surface area contributed by atoms with Crippen molar-refractivity contribution in [1.82, 2.24) is 0 Å². The molecule has 7 heteroatoms. The van der Waals surface area contributed by atoms with E-state index in [1.807, 2.05) is 6.92 Å². The Bertz CT molecular complexity index is 843. The van der Waals surface area contributed by atoms with Crippen LogP contribution >= 0.6 is 0 Å². The Morgan fingerprint density at radius 1 is 0.964 bits per heavy atom. The molecule has 0 saturated carbocycles. The number of benzene rings is 2. The van der Waals surface area contributed by atoms with E-state index in [2.05, 4.69) is 4.74 Å². The summed E-state index contributed by atoms with van der Waals surface area (Å²) in [5, 5.41) is 0. The predicted molar refractivity (Wildman–Crippen MR) is 95.9 cm³/mol. The van der Waals surface area contributed by atoms with Crippen LogP contribution in [0.1, 0.15) is 39.2 Å². The van der Waals surface area contributed by atoms with Crippen LogP contribution < -0.4 is 4.74 Å². The van der Waals surface area contributed by atoms with Crippen LogP contribution in [0.3, 0.4) is 0 Å². The number of ether oxygens (including phenoxy) is 1. The van der Waals surface area contributed by atoms with Crippen LogP contribution in [-0.2, 0) is 11.2 Å². The number of aryl methyl sites for hydroxylation is 1. The number of hydrogen-bond donors (Lipinski definition) is 0. The second-order valence-corrected chi connectivity index (χ2v) is 6.76. The molecule has 0 heterocycles. The van der Waals surface area contributed by atoms with Crippen LogP contribution in [-0.4, -0.2) is 12.1 Å². The van der Waals surface area contributed by atoms with Crippen molar-refractivity contribution in [2.45, 2.75) is 46.2 Å². The lowest BCUT2D eigenvalue weighted by atomic mass is 9.87. The van der Waals surface area contributed by atoms with Crippen LogP contribution in [0.15, 0.2) is 36.4 Å². The summed E-state index contributed by atoms with van der Waals surface area (Å²) in [6.07, 6.45) is -3.69. The monoisotopic (exact) mass is 400 g/mol. The van der Waals surface area contributed by atoms with Crippen LogP contribution in [0, 0.1) is 17.0 Å². The predicted octanol–water partition coefficient (Wildman–Crippen LogP) is 6.47. The largest absolute Gasteiger partial charge is 0.423 e. The third-order valence-electron chi connectivity index (χ3n) is 4.84. The van der Waals surface area contributed by atoms with E-state index in [1.54, 1.807) is 24.3 Å². The smallest absolute Gasteiger partial charge is 0.404 e. The quantitative estimate of drug-likeness (QED) is 0.316. The Morgan fingerprint density at radius 2 is 1.57 bits per heavy atom. The van der Waals surface area contributed by atoms with Gasteiger partial charge in [0.2, 0.25) is 5.82 Å². The molecule has 0 N–H and O–H groups in total. The molecule has 0 radical (unpaired) electrons. The lowest BCUT2D eigenvalue weighted by molar-refractivity contribution is -0.225. The van der Waals surface area contributed by atoms with E-state index in [4.69, 9.17) is 0 Å². The standard InChI is InChI=1S/C21H21F5O2/c1-4-6-13-7-9-14(10-8-13)15-11-12-16(18(23)17(15)22)28-19(27)20(3,5-2)21(24,25)26/h7-12H,4-6H2,1-3H3. The van der Waals surface area contributed by atoms with Gasteiger partial charge in [-0.25, -0.2) is 4.39 Å². The van der Waals surface area contributed by atoms with E-state index in [-0.39, 0.29) is 5.56 Å². The first-order valence-corrected chi connectivity index (χ1v) is 8.91. The van der Waals surface area contributed by atoms with Gasteiger partial charge in [-0.3, -0.25) is 4.79 Å². The molecule has 2 aromatic rings. The molecule has 0 fully saturated rings. The first-order chi connectivity index (χ1) is 13.0. The molecule has 0 spiro atoms. The Labute approximate surface area is 160 Å². The summed E-state index contributed by atoms with van der Waals surface area (Å²) < 4.78 is 72.8. The fraction of sp³-hybridized carbons (Fsp3) is 0.381. The molecular weight excluding hydrogens is 379 g/mol. The molecule has 2 nitrogen and oxygen atoms in total. The maximum Gasteiger partial charge on any atom is 0.404 e. The van der Waals surface area contributed by atoms with Gasteiger partial charge < -0.3 is 4.74 Å². The summed E-state index contributed by atoms with van der Waals surface area (Å²) in [7, 11) is 0. The summed E-state index contributed by atoms with van der Waals surface area (Å²) in [5.74, 6) is -5.36. The van der Waals surface area contributed by atoms with Gasteiger partial charge in [0.1, 0.15) is 0 Å². The lowest BCUT2D eigenvalue weighted by Crippen LogP contribution is -2.44. The van der Waals surface area contributed by atoms with Gasteiger partial charge in [0.15, 0.2) is 17.0 Å². The lowest BCUT2D eigenvalue weighted by Gasteiger charge is -2.28. The van der Waals surface area contributed by atoms with Gasteiger partial charge in [-0.05, 0) is 43.0 Å². The average Bonchev–Trinajstić information content (AvgIpc) is 2.65. The first kappa shape index (κ1) is 21.9. The van der Waals surface area contributed by atoms with E-state index in [0.29, 0.717) is 12.5 Å². The van der Waals surface area contributed by atoms with E-state index in [0.717, 1.165) is 31.4 Å². The van der Waals surface area contributed by atoms with Gasteiger partial charge in [-0.15, -0.1) is 0 Å². The molecule has 1 unspecified atom stereocenters. The molecule has 2 rings (SSSR count). The number of alkyl halides is 3. The van der Waals surface area contributed by atoms with Crippen LogP contribution in [0.2, 0.25) is 0 Å². The van der Waals surface area contributed by atoms with Crippen molar-refractivity contribution in [1.29, 1.82) is 0 Å². The molecule has 1 atom stereocenters. The van der Waals surface area contributed by atoms with Crippen molar-refractivity contribution in [2.75, 3.05) is 0 Å². The highest BCUT2D eigenvalue weighted by atomic mass is 19.4. The summed E-state index contributed by atoms with van der Waals surface area (Å²) in [6, 6.07) is 8.98. The Hall–Kier alpha value is -2.44.